The van der Waals surface area contributed by atoms with Crippen LogP contribution in [0.4, 0.5) is 0 Å². The summed E-state index contributed by atoms with van der Waals surface area (Å²) >= 11 is 1.28. The molecule has 6 rings (SSSR count). The molecule has 230 valence electrons. The highest BCUT2D eigenvalue weighted by molar-refractivity contribution is 7.11. The predicted molar refractivity (Wildman–Crippen MR) is 161 cm³/mol. The van der Waals surface area contributed by atoms with Crippen LogP contribution in [0.15, 0.2) is 60.1 Å². The van der Waals surface area contributed by atoms with Gasteiger partial charge in [-0.25, -0.2) is 9.78 Å². The third-order valence-electron chi connectivity index (χ3n) is 8.28. The first-order valence-electron chi connectivity index (χ1n) is 15.1. The highest BCUT2D eigenvalue weighted by Crippen LogP contribution is 2.40. The Morgan fingerprint density at radius 2 is 1.84 bits per heavy atom. The largest absolute Gasteiger partial charge is 0.484 e. The van der Waals surface area contributed by atoms with E-state index >= 15 is 0 Å². The monoisotopic (exact) mass is 617 g/mol. The Morgan fingerprint density at radius 3 is 2.50 bits per heavy atom. The van der Waals surface area contributed by atoms with Crippen molar-refractivity contribution in [2.45, 2.75) is 63.2 Å². The number of carbonyl (C=O) groups is 4. The van der Waals surface area contributed by atoms with Gasteiger partial charge in [-0.15, -0.1) is 11.3 Å². The Labute approximate surface area is 259 Å². The van der Waals surface area contributed by atoms with Crippen LogP contribution in [0.1, 0.15) is 82.3 Å². The van der Waals surface area contributed by atoms with Gasteiger partial charge in [0.05, 0.1) is 30.5 Å². The molecule has 3 fully saturated rings. The van der Waals surface area contributed by atoms with E-state index in [9.17, 15) is 19.2 Å². The van der Waals surface area contributed by atoms with Crippen LogP contribution in [0.2, 0.25) is 0 Å². The van der Waals surface area contributed by atoms with Gasteiger partial charge < -0.3 is 24.4 Å². The van der Waals surface area contributed by atoms with Gasteiger partial charge in [0.15, 0.2) is 5.01 Å². The molecule has 2 saturated heterocycles. The van der Waals surface area contributed by atoms with Crippen molar-refractivity contribution < 1.29 is 33.4 Å². The molecule has 10 nitrogen and oxygen atoms in total. The first-order chi connectivity index (χ1) is 21.3. The van der Waals surface area contributed by atoms with Gasteiger partial charge in [-0.1, -0.05) is 24.3 Å². The molecule has 3 aromatic rings. The molecule has 4 atom stereocenters. The van der Waals surface area contributed by atoms with Crippen LogP contribution in [0, 0.1) is 5.92 Å². The number of aromatic nitrogens is 1. The topological polar surface area (TPSA) is 124 Å². The number of thiazole rings is 1. The minimum Gasteiger partial charge on any atom is -0.484 e. The normalized spacial score (nSPS) is 21.2. The number of amides is 2. The predicted octanol–water partition coefficient (Wildman–Crippen LogP) is 4.67. The van der Waals surface area contributed by atoms with Crippen LogP contribution < -0.4 is 10.1 Å². The number of piperidine rings is 1. The van der Waals surface area contributed by atoms with E-state index < -0.39 is 24.1 Å². The molecule has 2 aromatic carbocycles. The van der Waals surface area contributed by atoms with Gasteiger partial charge >= 0.3 is 11.9 Å². The van der Waals surface area contributed by atoms with E-state index in [4.69, 9.17) is 14.2 Å². The van der Waals surface area contributed by atoms with Gasteiger partial charge in [0.1, 0.15) is 24.6 Å². The highest BCUT2D eigenvalue weighted by Gasteiger charge is 2.36. The van der Waals surface area contributed by atoms with Crippen molar-refractivity contribution in [3.63, 3.8) is 0 Å². The lowest BCUT2D eigenvalue weighted by Crippen LogP contribution is -2.46. The summed E-state index contributed by atoms with van der Waals surface area (Å²) in [6, 6.07) is 14.7. The maximum absolute atomic E-state index is 13.0. The number of likely N-dealkylation sites (tertiary alicyclic amines) is 1. The average Bonchev–Trinajstić information content (AvgIpc) is 3.55. The number of esters is 2. The Kier molecular flexibility index (Phi) is 8.92. The third-order valence-corrected chi connectivity index (χ3v) is 9.05. The average molecular weight is 618 g/mol. The minimum atomic E-state index is -0.490. The highest BCUT2D eigenvalue weighted by atomic mass is 32.1. The fourth-order valence-electron chi connectivity index (χ4n) is 5.71. The lowest BCUT2D eigenvalue weighted by atomic mass is 10.00. The smallest absolute Gasteiger partial charge is 0.338 e. The molecule has 2 aliphatic heterocycles. The van der Waals surface area contributed by atoms with Crippen molar-refractivity contribution in [1.82, 2.24) is 15.2 Å². The molecular formula is C33H35N3O7S. The van der Waals surface area contributed by atoms with Crippen LogP contribution in [0.5, 0.6) is 5.75 Å². The summed E-state index contributed by atoms with van der Waals surface area (Å²) in [4.78, 5) is 55.8. The minimum absolute atomic E-state index is 0.0951. The molecule has 2 amide bonds. The number of hydrogen-bond donors (Lipinski definition) is 1. The lowest BCUT2D eigenvalue weighted by Gasteiger charge is -2.33. The Morgan fingerprint density at radius 1 is 1.07 bits per heavy atom. The fraction of sp³-hybridized carbons (Fsp3) is 0.424. The second kappa shape index (κ2) is 13.2. The first-order valence-corrected chi connectivity index (χ1v) is 15.9. The molecular weight excluding hydrogens is 582 g/mol. The lowest BCUT2D eigenvalue weighted by molar-refractivity contribution is -0.139. The van der Waals surface area contributed by atoms with Crippen molar-refractivity contribution >= 4 is 35.1 Å². The molecule has 1 saturated carbocycles. The molecule has 1 N–H and O–H groups in total. The number of benzene rings is 2. The Hall–Kier alpha value is -4.25. The van der Waals surface area contributed by atoms with E-state index in [1.165, 1.54) is 29.7 Å². The van der Waals surface area contributed by atoms with Gasteiger partial charge in [0.25, 0.3) is 5.91 Å². The van der Waals surface area contributed by atoms with Gasteiger partial charge in [0.2, 0.25) is 5.91 Å². The summed E-state index contributed by atoms with van der Waals surface area (Å²) < 4.78 is 17.1. The van der Waals surface area contributed by atoms with Crippen LogP contribution >= 0.6 is 11.3 Å². The van der Waals surface area contributed by atoms with Crippen molar-refractivity contribution in [2.75, 3.05) is 19.7 Å². The van der Waals surface area contributed by atoms with Crippen LogP contribution in [-0.4, -0.2) is 65.5 Å². The number of rotatable bonds is 10. The van der Waals surface area contributed by atoms with E-state index in [1.807, 2.05) is 19.1 Å². The maximum Gasteiger partial charge on any atom is 0.338 e. The molecule has 44 heavy (non-hydrogen) atoms. The van der Waals surface area contributed by atoms with E-state index in [2.05, 4.69) is 22.4 Å². The molecule has 1 aromatic heterocycles. The van der Waals surface area contributed by atoms with Crippen molar-refractivity contribution in [3.05, 3.63) is 81.8 Å². The molecule has 0 spiro atoms. The molecule has 2 unspecified atom stereocenters. The van der Waals surface area contributed by atoms with Crippen molar-refractivity contribution in [1.29, 1.82) is 0 Å². The number of hydrogen-bond acceptors (Lipinski definition) is 9. The van der Waals surface area contributed by atoms with Crippen LogP contribution in [0.3, 0.4) is 0 Å². The fourth-order valence-corrected chi connectivity index (χ4v) is 6.25. The number of cyclic esters (lactones) is 1. The number of nitrogens with zero attached hydrogens (tertiary/aromatic N) is 2. The van der Waals surface area contributed by atoms with Gasteiger partial charge in [0, 0.05) is 18.1 Å². The van der Waals surface area contributed by atoms with E-state index in [-0.39, 0.29) is 36.9 Å². The van der Waals surface area contributed by atoms with Crippen molar-refractivity contribution in [2.24, 2.45) is 5.92 Å². The first kappa shape index (κ1) is 29.8. The zero-order valence-electron chi connectivity index (χ0n) is 24.5. The third kappa shape index (κ3) is 7.10. The maximum atomic E-state index is 13.0. The molecule has 3 heterocycles. The van der Waals surface area contributed by atoms with Gasteiger partial charge in [-0.05, 0) is 73.9 Å². The second-order valence-corrected chi connectivity index (χ2v) is 12.5. The Balaban J connectivity index is 1.09. The SMILES string of the molecule is CC(NC(=O)c1nccs1)C(Oc1ccc(C(=O)O[C@H]2CCCN(C(=O)[C@H]3COC(=O)C3)C2)cc1)c1ccc(C2CC2)cc1. The number of carbonyl (C=O) groups excluding carboxylic acids is 4. The van der Waals surface area contributed by atoms with Crippen molar-refractivity contribution in [3.8, 4) is 5.75 Å². The summed E-state index contributed by atoms with van der Waals surface area (Å²) in [6.45, 7) is 2.86. The van der Waals surface area contributed by atoms with Crippen LogP contribution in [-0.2, 0) is 19.1 Å². The standard InChI is InChI=1S/C33H35N3O7S/c1-20(35-30(38)31-34-14-16-44-31)29(23-8-6-22(7-9-23)21-4-5-21)42-26-12-10-24(11-13-26)33(40)43-27-3-2-15-36(18-27)32(39)25-17-28(37)41-19-25/h6-14,16,20-21,25,27,29H,2-5,15,17-19H2,1H3,(H,35,38)/t20?,25-,27+,29?/m1/s1. The summed E-state index contributed by atoms with van der Waals surface area (Å²) in [5, 5.41) is 5.16. The Bertz CT molecular complexity index is 1490. The van der Waals surface area contributed by atoms with E-state index in [0.717, 1.165) is 5.56 Å². The number of nitrogens with one attached hydrogen (secondary N) is 1. The molecule has 0 radical (unpaired) electrons. The van der Waals surface area contributed by atoms with Gasteiger partial charge in [-0.2, -0.15) is 0 Å². The summed E-state index contributed by atoms with van der Waals surface area (Å²) in [7, 11) is 0. The van der Waals surface area contributed by atoms with Crippen LogP contribution in [0.25, 0.3) is 0 Å². The second-order valence-electron chi connectivity index (χ2n) is 11.6. The summed E-state index contributed by atoms with van der Waals surface area (Å²) in [5.41, 5.74) is 2.60. The zero-order chi connectivity index (χ0) is 30.6. The van der Waals surface area contributed by atoms with E-state index in [0.29, 0.717) is 48.2 Å². The van der Waals surface area contributed by atoms with Gasteiger partial charge in [-0.3, -0.25) is 14.4 Å². The molecule has 11 heteroatoms. The van der Waals surface area contributed by atoms with E-state index in [1.54, 1.807) is 40.7 Å². The quantitative estimate of drug-likeness (QED) is 0.326. The summed E-state index contributed by atoms with van der Waals surface area (Å²) in [5.74, 6) is -0.532. The molecule has 0 bridgehead atoms. The zero-order valence-corrected chi connectivity index (χ0v) is 25.3. The number of ether oxygens (including phenoxy) is 3. The molecule has 1 aliphatic carbocycles. The molecule has 3 aliphatic rings. The summed E-state index contributed by atoms with van der Waals surface area (Å²) in [6.07, 6.45) is 4.56.